The number of rotatable bonds is 7. The highest BCUT2D eigenvalue weighted by Gasteiger charge is 2.23. The fraction of sp³-hybridized carbons (Fsp3) is 0.179. The van der Waals surface area contributed by atoms with E-state index in [0.29, 0.717) is 39.2 Å². The molecule has 0 aliphatic heterocycles. The Morgan fingerprint density at radius 3 is 2.38 bits per heavy atom. The summed E-state index contributed by atoms with van der Waals surface area (Å²) in [5, 5.41) is 3.75. The molecule has 0 radical (unpaired) electrons. The summed E-state index contributed by atoms with van der Waals surface area (Å²) in [6, 6.07) is 16.2. The third-order valence-corrected chi connectivity index (χ3v) is 7.69. The Bertz CT molecular complexity index is 1650. The second kappa shape index (κ2) is 10.0. The number of aryl methyl sites for hydroxylation is 1. The van der Waals surface area contributed by atoms with Crippen LogP contribution in [0.5, 0.6) is 5.75 Å². The predicted octanol–water partition coefficient (Wildman–Crippen LogP) is 5.03. The fourth-order valence-corrected chi connectivity index (χ4v) is 5.46. The first kappa shape index (κ1) is 25.8. The van der Waals surface area contributed by atoms with Gasteiger partial charge in [-0.2, -0.15) is 0 Å². The minimum Gasteiger partial charge on any atom is -0.497 e. The molecule has 190 valence electrons. The zero-order valence-electron chi connectivity index (χ0n) is 21.2. The lowest BCUT2D eigenvalue weighted by atomic mass is 10.0. The normalized spacial score (nSPS) is 11.3. The number of hydrogen-bond donors (Lipinski definition) is 1. The number of aromatic nitrogens is 1. The van der Waals surface area contributed by atoms with Crippen molar-refractivity contribution in [1.82, 2.24) is 9.88 Å². The second-order valence-electron chi connectivity index (χ2n) is 8.83. The van der Waals surface area contributed by atoms with Gasteiger partial charge >= 0.3 is 0 Å². The summed E-state index contributed by atoms with van der Waals surface area (Å²) in [7, 11) is 0.767. The molecule has 0 spiro atoms. The lowest BCUT2D eigenvalue weighted by molar-refractivity contribution is 0.0827. The van der Waals surface area contributed by atoms with Gasteiger partial charge in [0.05, 0.1) is 33.7 Å². The first-order valence-electron chi connectivity index (χ1n) is 11.4. The SMILES string of the molecule is COc1cccc(Nc2c(C(C)=O)cnc3c(C)cc(S(=O)(=O)c4cccc(C(=O)N(C)C)c4)cc23)c1. The van der Waals surface area contributed by atoms with E-state index >= 15 is 0 Å². The van der Waals surface area contributed by atoms with E-state index in [-0.39, 0.29) is 27.0 Å². The standard InChI is InChI=1S/C28H27N3O5S/c1-17-12-23(37(34,35)22-11-6-8-19(13-22)28(33)31(3)4)15-24-26(17)29-16-25(18(2)32)27(24)30-20-9-7-10-21(14-20)36-5/h6-16H,1-5H3,(H,29,30). The average molecular weight is 518 g/mol. The fourth-order valence-electron chi connectivity index (χ4n) is 4.04. The van der Waals surface area contributed by atoms with Crippen LogP contribution in [0.15, 0.2) is 76.7 Å². The number of carbonyl (C=O) groups is 2. The van der Waals surface area contributed by atoms with Gasteiger partial charge in [0.1, 0.15) is 5.75 Å². The largest absolute Gasteiger partial charge is 0.497 e. The van der Waals surface area contributed by atoms with Gasteiger partial charge in [-0.05, 0) is 61.9 Å². The Morgan fingerprint density at radius 2 is 1.70 bits per heavy atom. The zero-order valence-corrected chi connectivity index (χ0v) is 22.0. The van der Waals surface area contributed by atoms with Crippen molar-refractivity contribution in [3.8, 4) is 5.75 Å². The zero-order chi connectivity index (χ0) is 26.9. The number of pyridine rings is 1. The van der Waals surface area contributed by atoms with Crippen LogP contribution in [0.1, 0.15) is 33.2 Å². The minimum atomic E-state index is -4.00. The third-order valence-electron chi connectivity index (χ3n) is 5.96. The number of benzene rings is 3. The van der Waals surface area contributed by atoms with Gasteiger partial charge in [-0.15, -0.1) is 0 Å². The molecular formula is C28H27N3O5S. The number of methoxy groups -OCH3 is 1. The first-order valence-corrected chi connectivity index (χ1v) is 12.9. The monoisotopic (exact) mass is 517 g/mol. The second-order valence-corrected chi connectivity index (χ2v) is 10.8. The maximum atomic E-state index is 13.7. The summed E-state index contributed by atoms with van der Waals surface area (Å²) < 4.78 is 32.7. The van der Waals surface area contributed by atoms with E-state index in [1.54, 1.807) is 64.5 Å². The van der Waals surface area contributed by atoms with Crippen LogP contribution in [-0.4, -0.2) is 51.2 Å². The smallest absolute Gasteiger partial charge is 0.253 e. The van der Waals surface area contributed by atoms with Crippen molar-refractivity contribution in [2.75, 3.05) is 26.5 Å². The number of Topliss-reactive ketones (excluding diaryl/α,β-unsaturated/α-hetero) is 1. The number of anilines is 2. The van der Waals surface area contributed by atoms with E-state index < -0.39 is 9.84 Å². The Hall–Kier alpha value is -4.24. The molecule has 8 nitrogen and oxygen atoms in total. The Balaban J connectivity index is 1.92. The van der Waals surface area contributed by atoms with Crippen LogP contribution in [-0.2, 0) is 9.84 Å². The van der Waals surface area contributed by atoms with Gasteiger partial charge in [0, 0.05) is 43.0 Å². The van der Waals surface area contributed by atoms with Gasteiger partial charge in [-0.1, -0.05) is 12.1 Å². The first-order chi connectivity index (χ1) is 17.5. The summed E-state index contributed by atoms with van der Waals surface area (Å²) in [6.45, 7) is 3.20. The topological polar surface area (TPSA) is 106 Å². The number of hydrogen-bond acceptors (Lipinski definition) is 7. The minimum absolute atomic E-state index is 0.00284. The van der Waals surface area contributed by atoms with E-state index in [2.05, 4.69) is 10.3 Å². The molecule has 37 heavy (non-hydrogen) atoms. The molecular weight excluding hydrogens is 490 g/mol. The highest BCUT2D eigenvalue weighted by atomic mass is 32.2. The molecule has 4 rings (SSSR count). The van der Waals surface area contributed by atoms with Gasteiger partial charge in [0.2, 0.25) is 9.84 Å². The third kappa shape index (κ3) is 5.03. The number of nitrogens with zero attached hydrogens (tertiary/aromatic N) is 2. The van der Waals surface area contributed by atoms with E-state index in [0.717, 1.165) is 0 Å². The molecule has 3 aromatic carbocycles. The van der Waals surface area contributed by atoms with Gasteiger partial charge in [-0.3, -0.25) is 14.6 Å². The van der Waals surface area contributed by atoms with Crippen LogP contribution in [0.25, 0.3) is 10.9 Å². The molecule has 1 aromatic heterocycles. The van der Waals surface area contributed by atoms with E-state index in [1.165, 1.54) is 36.2 Å². The average Bonchev–Trinajstić information content (AvgIpc) is 2.88. The maximum absolute atomic E-state index is 13.7. The molecule has 1 heterocycles. The number of ether oxygens (including phenoxy) is 1. The van der Waals surface area contributed by atoms with Crippen molar-refractivity contribution >= 4 is 43.8 Å². The molecule has 9 heteroatoms. The lowest BCUT2D eigenvalue weighted by Gasteiger charge is -2.16. The number of nitrogens with one attached hydrogen (secondary N) is 1. The summed E-state index contributed by atoms with van der Waals surface area (Å²) in [4.78, 5) is 30.8. The Morgan fingerprint density at radius 1 is 0.973 bits per heavy atom. The van der Waals surface area contributed by atoms with Crippen molar-refractivity contribution in [2.24, 2.45) is 0 Å². The predicted molar refractivity (Wildman–Crippen MR) is 143 cm³/mol. The van der Waals surface area contributed by atoms with Gasteiger partial charge in [0.15, 0.2) is 5.78 Å². The molecule has 4 aromatic rings. The van der Waals surface area contributed by atoms with Crippen LogP contribution in [0.4, 0.5) is 11.4 Å². The molecule has 0 aliphatic rings. The van der Waals surface area contributed by atoms with Crippen molar-refractivity contribution < 1.29 is 22.7 Å². The molecule has 0 bridgehead atoms. The molecule has 1 N–H and O–H groups in total. The highest BCUT2D eigenvalue weighted by molar-refractivity contribution is 7.91. The highest BCUT2D eigenvalue weighted by Crippen LogP contribution is 2.35. The Kier molecular flexibility index (Phi) is 7.00. The van der Waals surface area contributed by atoms with E-state index in [9.17, 15) is 18.0 Å². The summed E-state index contributed by atoms with van der Waals surface area (Å²) >= 11 is 0. The lowest BCUT2D eigenvalue weighted by Crippen LogP contribution is -2.21. The summed E-state index contributed by atoms with van der Waals surface area (Å²) in [6.07, 6.45) is 1.49. The van der Waals surface area contributed by atoms with Gasteiger partial charge in [0.25, 0.3) is 5.91 Å². The number of sulfone groups is 1. The molecule has 0 aliphatic carbocycles. The van der Waals surface area contributed by atoms with Crippen LogP contribution in [0.3, 0.4) is 0 Å². The molecule has 0 saturated carbocycles. The van der Waals surface area contributed by atoms with Gasteiger partial charge < -0.3 is 15.0 Å². The van der Waals surface area contributed by atoms with Gasteiger partial charge in [-0.25, -0.2) is 8.42 Å². The molecule has 1 amide bonds. The number of amides is 1. The summed E-state index contributed by atoms with van der Waals surface area (Å²) in [5.74, 6) is 0.103. The summed E-state index contributed by atoms with van der Waals surface area (Å²) in [5.41, 5.74) is 2.89. The maximum Gasteiger partial charge on any atom is 0.253 e. The van der Waals surface area contributed by atoms with Crippen molar-refractivity contribution in [2.45, 2.75) is 23.6 Å². The number of carbonyl (C=O) groups excluding carboxylic acids is 2. The van der Waals surface area contributed by atoms with Crippen molar-refractivity contribution in [1.29, 1.82) is 0 Å². The van der Waals surface area contributed by atoms with Crippen LogP contribution < -0.4 is 10.1 Å². The molecule has 0 unspecified atom stereocenters. The van der Waals surface area contributed by atoms with E-state index in [1.807, 2.05) is 6.07 Å². The molecule has 0 fully saturated rings. The molecule has 0 saturated heterocycles. The number of ketones is 1. The van der Waals surface area contributed by atoms with Crippen molar-refractivity contribution in [3.63, 3.8) is 0 Å². The van der Waals surface area contributed by atoms with Crippen molar-refractivity contribution in [3.05, 3.63) is 83.6 Å². The van der Waals surface area contributed by atoms with Crippen LogP contribution >= 0.6 is 0 Å². The quantitative estimate of drug-likeness (QED) is 0.343. The van der Waals surface area contributed by atoms with E-state index in [4.69, 9.17) is 4.74 Å². The Labute approximate surface area is 215 Å². The molecule has 0 atom stereocenters. The van der Waals surface area contributed by atoms with Crippen LogP contribution in [0.2, 0.25) is 0 Å². The van der Waals surface area contributed by atoms with Crippen LogP contribution in [0, 0.1) is 6.92 Å². The number of fused-ring (bicyclic) bond motifs is 1.